The van der Waals surface area contributed by atoms with E-state index in [0.717, 1.165) is 5.92 Å². The molecule has 1 saturated carbocycles. The molecule has 0 saturated heterocycles. The van der Waals surface area contributed by atoms with Crippen LogP contribution in [0.25, 0.3) is 0 Å². The summed E-state index contributed by atoms with van der Waals surface area (Å²) in [6.45, 7) is 2.37. The van der Waals surface area contributed by atoms with Crippen molar-refractivity contribution in [2.75, 3.05) is 11.6 Å². The molecule has 1 aliphatic rings. The van der Waals surface area contributed by atoms with Gasteiger partial charge in [-0.2, -0.15) is 0 Å². The maximum Gasteiger partial charge on any atom is 0.0343 e. The van der Waals surface area contributed by atoms with Crippen LogP contribution < -0.4 is 5.32 Å². The molecule has 1 nitrogen and oxygen atoms in total. The molecule has 2 heteroatoms. The Balaban J connectivity index is 1.92. The lowest BCUT2D eigenvalue weighted by Crippen LogP contribution is -2.26. The summed E-state index contributed by atoms with van der Waals surface area (Å²) in [7, 11) is 0. The van der Waals surface area contributed by atoms with Crippen LogP contribution in [-0.2, 0) is 0 Å². The van der Waals surface area contributed by atoms with Crippen LogP contribution in [0.3, 0.4) is 0 Å². The van der Waals surface area contributed by atoms with Gasteiger partial charge in [0, 0.05) is 16.6 Å². The van der Waals surface area contributed by atoms with Gasteiger partial charge < -0.3 is 5.32 Å². The molecular weight excluding hydrogens is 214 g/mol. The van der Waals surface area contributed by atoms with Gasteiger partial charge in [0.15, 0.2) is 0 Å². The Hall–Kier alpha value is -0.630. The molecule has 2 atom stereocenters. The first-order chi connectivity index (χ1) is 7.78. The monoisotopic (exact) mass is 235 g/mol. The van der Waals surface area contributed by atoms with Crippen LogP contribution in [0.4, 0.5) is 5.69 Å². The molecule has 0 bridgehead atoms. The molecule has 1 N–H and O–H groups in total. The third kappa shape index (κ3) is 3.18. The summed E-state index contributed by atoms with van der Waals surface area (Å²) in [5.41, 5.74) is 1.27. The highest BCUT2D eigenvalue weighted by Crippen LogP contribution is 2.26. The average molecular weight is 235 g/mol. The van der Waals surface area contributed by atoms with Crippen molar-refractivity contribution in [3.05, 3.63) is 24.3 Å². The first kappa shape index (κ1) is 11.8. The minimum atomic E-state index is 0.684. The standard InChI is InChI=1S/C14H21NS/c1-11-4-3-5-13(10-11)15-12-6-8-14(16-2)9-7-12/h6-9,11,13,15H,3-5,10H2,1-2H3. The maximum absolute atomic E-state index is 3.65. The third-order valence-corrected chi connectivity index (χ3v) is 4.14. The van der Waals surface area contributed by atoms with E-state index in [1.54, 1.807) is 11.8 Å². The first-order valence-electron chi connectivity index (χ1n) is 6.18. The predicted octanol–water partition coefficient (Wildman–Crippen LogP) is 4.40. The quantitative estimate of drug-likeness (QED) is 0.779. The van der Waals surface area contributed by atoms with Gasteiger partial charge >= 0.3 is 0 Å². The number of rotatable bonds is 3. The van der Waals surface area contributed by atoms with E-state index in [1.165, 1.54) is 36.3 Å². The summed E-state index contributed by atoms with van der Waals surface area (Å²) in [5, 5.41) is 3.65. The fraction of sp³-hybridized carbons (Fsp3) is 0.571. The van der Waals surface area contributed by atoms with E-state index < -0.39 is 0 Å². The normalized spacial score (nSPS) is 25.4. The van der Waals surface area contributed by atoms with Gasteiger partial charge in [-0.15, -0.1) is 11.8 Å². The highest BCUT2D eigenvalue weighted by atomic mass is 32.2. The van der Waals surface area contributed by atoms with Crippen LogP contribution in [0.5, 0.6) is 0 Å². The van der Waals surface area contributed by atoms with Gasteiger partial charge in [0.05, 0.1) is 0 Å². The molecule has 0 amide bonds. The van der Waals surface area contributed by atoms with E-state index in [9.17, 15) is 0 Å². The molecule has 1 aromatic carbocycles. The molecule has 1 aromatic rings. The first-order valence-corrected chi connectivity index (χ1v) is 7.41. The second-order valence-electron chi connectivity index (χ2n) is 4.84. The fourth-order valence-corrected chi connectivity index (χ4v) is 2.90. The summed E-state index contributed by atoms with van der Waals surface area (Å²) < 4.78 is 0. The highest BCUT2D eigenvalue weighted by Gasteiger charge is 2.18. The Morgan fingerprint density at radius 1 is 1.19 bits per heavy atom. The number of anilines is 1. The zero-order valence-electron chi connectivity index (χ0n) is 10.2. The van der Waals surface area contributed by atoms with Crippen molar-refractivity contribution in [2.45, 2.75) is 43.5 Å². The largest absolute Gasteiger partial charge is 0.382 e. The predicted molar refractivity (Wildman–Crippen MR) is 73.3 cm³/mol. The summed E-state index contributed by atoms with van der Waals surface area (Å²) in [6.07, 6.45) is 7.55. The average Bonchev–Trinajstić information content (AvgIpc) is 2.30. The lowest BCUT2D eigenvalue weighted by molar-refractivity contribution is 0.358. The van der Waals surface area contributed by atoms with Crippen LogP contribution in [0.1, 0.15) is 32.6 Å². The number of thioether (sulfide) groups is 1. The Kier molecular flexibility index (Phi) is 4.16. The van der Waals surface area contributed by atoms with Crippen LogP contribution in [0, 0.1) is 5.92 Å². The summed E-state index contributed by atoms with van der Waals surface area (Å²) in [6, 6.07) is 9.47. The van der Waals surface area contributed by atoms with Gasteiger partial charge in [-0.3, -0.25) is 0 Å². The van der Waals surface area contributed by atoms with E-state index in [4.69, 9.17) is 0 Å². The molecule has 0 aliphatic heterocycles. The van der Waals surface area contributed by atoms with Crippen LogP contribution in [-0.4, -0.2) is 12.3 Å². The minimum Gasteiger partial charge on any atom is -0.382 e. The van der Waals surface area contributed by atoms with Crippen molar-refractivity contribution in [2.24, 2.45) is 5.92 Å². The van der Waals surface area contributed by atoms with Gasteiger partial charge in [0.1, 0.15) is 0 Å². The van der Waals surface area contributed by atoms with Gasteiger partial charge in [-0.05, 0) is 49.3 Å². The van der Waals surface area contributed by atoms with Crippen molar-refractivity contribution in [1.82, 2.24) is 0 Å². The Morgan fingerprint density at radius 2 is 1.94 bits per heavy atom. The number of hydrogen-bond acceptors (Lipinski definition) is 2. The summed E-state index contributed by atoms with van der Waals surface area (Å²) in [4.78, 5) is 1.34. The van der Waals surface area contributed by atoms with Crippen LogP contribution in [0.15, 0.2) is 29.2 Å². The maximum atomic E-state index is 3.65. The molecule has 2 unspecified atom stereocenters. The molecule has 16 heavy (non-hydrogen) atoms. The van der Waals surface area contributed by atoms with Crippen molar-refractivity contribution in [3.8, 4) is 0 Å². The third-order valence-electron chi connectivity index (χ3n) is 3.40. The Bertz CT molecular complexity index is 320. The SMILES string of the molecule is CSc1ccc(NC2CCCC(C)C2)cc1. The topological polar surface area (TPSA) is 12.0 Å². The van der Waals surface area contributed by atoms with Crippen molar-refractivity contribution < 1.29 is 0 Å². The molecule has 0 heterocycles. The van der Waals surface area contributed by atoms with Gasteiger partial charge in [0.25, 0.3) is 0 Å². The van der Waals surface area contributed by atoms with Crippen molar-refractivity contribution in [3.63, 3.8) is 0 Å². The number of hydrogen-bond donors (Lipinski definition) is 1. The van der Waals surface area contributed by atoms with Crippen molar-refractivity contribution in [1.29, 1.82) is 0 Å². The lowest BCUT2D eigenvalue weighted by atomic mass is 9.87. The molecule has 88 valence electrons. The zero-order chi connectivity index (χ0) is 11.4. The summed E-state index contributed by atoms with van der Waals surface area (Å²) in [5.74, 6) is 0.886. The molecule has 0 spiro atoms. The Morgan fingerprint density at radius 3 is 2.56 bits per heavy atom. The Labute approximate surface area is 103 Å². The minimum absolute atomic E-state index is 0.684. The van der Waals surface area contributed by atoms with Gasteiger partial charge in [-0.25, -0.2) is 0 Å². The number of nitrogens with one attached hydrogen (secondary N) is 1. The molecule has 2 rings (SSSR count). The molecule has 1 aliphatic carbocycles. The van der Waals surface area contributed by atoms with E-state index in [-0.39, 0.29) is 0 Å². The van der Waals surface area contributed by atoms with Crippen LogP contribution >= 0.6 is 11.8 Å². The van der Waals surface area contributed by atoms with Gasteiger partial charge in [-0.1, -0.05) is 19.8 Å². The van der Waals surface area contributed by atoms with E-state index in [2.05, 4.69) is 42.8 Å². The second kappa shape index (κ2) is 5.62. The van der Waals surface area contributed by atoms with E-state index in [1.807, 2.05) is 0 Å². The van der Waals surface area contributed by atoms with Crippen LogP contribution in [0.2, 0.25) is 0 Å². The highest BCUT2D eigenvalue weighted by molar-refractivity contribution is 7.98. The smallest absolute Gasteiger partial charge is 0.0343 e. The molecule has 1 fully saturated rings. The molecular formula is C14H21NS. The summed E-state index contributed by atoms with van der Waals surface area (Å²) >= 11 is 1.80. The fourth-order valence-electron chi connectivity index (χ4n) is 2.49. The number of benzene rings is 1. The molecule has 0 radical (unpaired) electrons. The zero-order valence-corrected chi connectivity index (χ0v) is 11.0. The van der Waals surface area contributed by atoms with Gasteiger partial charge in [0.2, 0.25) is 0 Å². The van der Waals surface area contributed by atoms with E-state index in [0.29, 0.717) is 6.04 Å². The van der Waals surface area contributed by atoms with E-state index >= 15 is 0 Å². The molecule has 0 aromatic heterocycles. The van der Waals surface area contributed by atoms with Crippen molar-refractivity contribution >= 4 is 17.4 Å². The lowest BCUT2D eigenvalue weighted by Gasteiger charge is -2.28. The second-order valence-corrected chi connectivity index (χ2v) is 5.72.